The lowest BCUT2D eigenvalue weighted by molar-refractivity contribution is -0.118. The van der Waals surface area contributed by atoms with Crippen LogP contribution >= 0.6 is 0 Å². The predicted octanol–water partition coefficient (Wildman–Crippen LogP) is 3.93. The van der Waals surface area contributed by atoms with E-state index in [1.54, 1.807) is 50.0 Å². The highest BCUT2D eigenvalue weighted by molar-refractivity contribution is 5.98. The third-order valence-electron chi connectivity index (χ3n) is 5.70. The van der Waals surface area contributed by atoms with Crippen LogP contribution in [0.15, 0.2) is 59.4 Å². The van der Waals surface area contributed by atoms with E-state index in [9.17, 15) is 9.59 Å². The summed E-state index contributed by atoms with van der Waals surface area (Å²) in [5, 5.41) is 8.25. The zero-order valence-electron chi connectivity index (χ0n) is 19.2. The van der Waals surface area contributed by atoms with E-state index in [-0.39, 0.29) is 11.5 Å². The topological polar surface area (TPSA) is 87.4 Å². The second-order valence-electron chi connectivity index (χ2n) is 7.77. The fourth-order valence-electron chi connectivity index (χ4n) is 4.10. The molecule has 0 fully saturated rings. The third-order valence-corrected chi connectivity index (χ3v) is 5.70. The number of benzene rings is 2. The van der Waals surface area contributed by atoms with Crippen molar-refractivity contribution in [1.29, 1.82) is 0 Å². The molecule has 1 atom stereocenters. The Bertz CT molecular complexity index is 1390. The van der Waals surface area contributed by atoms with Gasteiger partial charge in [-0.05, 0) is 37.1 Å². The zero-order chi connectivity index (χ0) is 23.7. The van der Waals surface area contributed by atoms with Gasteiger partial charge in [-0.25, -0.2) is 0 Å². The number of fused-ring (bicyclic) bond motifs is 1. The van der Waals surface area contributed by atoms with Gasteiger partial charge in [-0.3, -0.25) is 18.8 Å². The lowest BCUT2D eigenvalue weighted by Gasteiger charge is -2.19. The Morgan fingerprint density at radius 1 is 1.03 bits per heavy atom. The summed E-state index contributed by atoms with van der Waals surface area (Å²) in [6.45, 7) is 3.60. The molecular formula is C25H26N4O4. The number of pyridine rings is 1. The number of hydrogen-bond acceptors (Lipinski definition) is 5. The van der Waals surface area contributed by atoms with Crippen LogP contribution in [0.1, 0.15) is 18.7 Å². The van der Waals surface area contributed by atoms with Gasteiger partial charge in [0.15, 0.2) is 11.5 Å². The molecule has 1 amide bonds. The first-order valence-electron chi connectivity index (χ1n) is 10.5. The van der Waals surface area contributed by atoms with Gasteiger partial charge < -0.3 is 14.8 Å². The summed E-state index contributed by atoms with van der Waals surface area (Å²) in [6.07, 6.45) is 0. The van der Waals surface area contributed by atoms with Gasteiger partial charge >= 0.3 is 0 Å². The van der Waals surface area contributed by atoms with Gasteiger partial charge in [0, 0.05) is 30.3 Å². The molecule has 0 radical (unpaired) electrons. The van der Waals surface area contributed by atoms with E-state index in [0.29, 0.717) is 22.8 Å². The number of methoxy groups -OCH3 is 2. The molecule has 0 aliphatic carbocycles. The maximum atomic E-state index is 13.3. The summed E-state index contributed by atoms with van der Waals surface area (Å²) in [4.78, 5) is 26.4. The van der Waals surface area contributed by atoms with Crippen LogP contribution in [-0.4, -0.2) is 34.5 Å². The molecule has 4 rings (SSSR count). The molecule has 0 saturated heterocycles. The van der Waals surface area contributed by atoms with Crippen molar-refractivity contribution >= 4 is 22.6 Å². The zero-order valence-corrected chi connectivity index (χ0v) is 19.2. The maximum absolute atomic E-state index is 13.3. The molecule has 1 unspecified atom stereocenters. The van der Waals surface area contributed by atoms with Crippen LogP contribution in [0.5, 0.6) is 11.5 Å². The molecule has 8 nitrogen and oxygen atoms in total. The highest BCUT2D eigenvalue weighted by Crippen LogP contribution is 2.32. The number of nitrogens with one attached hydrogen (secondary N) is 1. The number of amides is 1. The smallest absolute Gasteiger partial charge is 0.253 e. The van der Waals surface area contributed by atoms with E-state index in [1.165, 1.54) is 11.7 Å². The summed E-state index contributed by atoms with van der Waals surface area (Å²) in [5.74, 6) is 0.720. The van der Waals surface area contributed by atoms with Crippen molar-refractivity contribution in [2.24, 2.45) is 7.05 Å². The van der Waals surface area contributed by atoms with E-state index < -0.39 is 6.04 Å². The van der Waals surface area contributed by atoms with Crippen LogP contribution in [0.4, 0.5) is 5.69 Å². The van der Waals surface area contributed by atoms with Gasteiger partial charge in [0.05, 0.1) is 19.9 Å². The molecule has 2 aromatic heterocycles. The lowest BCUT2D eigenvalue weighted by Crippen LogP contribution is -2.32. The van der Waals surface area contributed by atoms with E-state index in [2.05, 4.69) is 10.4 Å². The van der Waals surface area contributed by atoms with E-state index in [4.69, 9.17) is 9.47 Å². The van der Waals surface area contributed by atoms with Crippen LogP contribution < -0.4 is 20.3 Å². The highest BCUT2D eigenvalue weighted by atomic mass is 16.5. The fraction of sp³-hybridized carbons (Fsp3) is 0.240. The first-order chi connectivity index (χ1) is 15.8. The first kappa shape index (κ1) is 22.1. The predicted molar refractivity (Wildman–Crippen MR) is 128 cm³/mol. The van der Waals surface area contributed by atoms with Crippen molar-refractivity contribution in [3.63, 3.8) is 0 Å². The molecular weight excluding hydrogens is 420 g/mol. The molecule has 0 spiro atoms. The standard InChI is InChI=1S/C25H26N4O4/c1-15-23-19(17-9-7-6-8-10-17)14-22(30)29(25(23)28(3)27-15)16(2)24(31)26-18-11-12-20(32-4)21(13-18)33-5/h6-14,16H,1-5H3,(H,26,31). The molecule has 0 bridgehead atoms. The summed E-state index contributed by atoms with van der Waals surface area (Å²) >= 11 is 0. The number of aryl methyl sites for hydroxylation is 2. The number of rotatable bonds is 6. The molecule has 4 aromatic rings. The summed E-state index contributed by atoms with van der Waals surface area (Å²) < 4.78 is 13.7. The summed E-state index contributed by atoms with van der Waals surface area (Å²) in [7, 11) is 4.85. The van der Waals surface area contributed by atoms with Crippen LogP contribution in [0.3, 0.4) is 0 Å². The van der Waals surface area contributed by atoms with Gasteiger partial charge in [-0.2, -0.15) is 5.10 Å². The van der Waals surface area contributed by atoms with Crippen LogP contribution in [0, 0.1) is 6.92 Å². The second kappa shape index (κ2) is 8.82. The number of carbonyl (C=O) groups is 1. The average molecular weight is 447 g/mol. The van der Waals surface area contributed by atoms with E-state index in [0.717, 1.165) is 22.2 Å². The number of nitrogens with zero attached hydrogens (tertiary/aromatic N) is 3. The minimum Gasteiger partial charge on any atom is -0.493 e. The van der Waals surface area contributed by atoms with Gasteiger partial charge in [0.25, 0.3) is 5.56 Å². The van der Waals surface area contributed by atoms with Gasteiger partial charge in [-0.1, -0.05) is 30.3 Å². The maximum Gasteiger partial charge on any atom is 0.253 e. The quantitative estimate of drug-likeness (QED) is 0.485. The normalized spacial score (nSPS) is 11.9. The van der Waals surface area contributed by atoms with E-state index in [1.807, 2.05) is 37.3 Å². The molecule has 1 N–H and O–H groups in total. The van der Waals surface area contributed by atoms with E-state index >= 15 is 0 Å². The van der Waals surface area contributed by atoms with Crippen molar-refractivity contribution in [2.75, 3.05) is 19.5 Å². The molecule has 33 heavy (non-hydrogen) atoms. The minimum atomic E-state index is -0.785. The number of ether oxygens (including phenoxy) is 2. The monoisotopic (exact) mass is 446 g/mol. The SMILES string of the molecule is COc1ccc(NC(=O)C(C)n2c(=O)cc(-c3ccccc3)c3c(C)nn(C)c32)cc1OC. The highest BCUT2D eigenvalue weighted by Gasteiger charge is 2.24. The summed E-state index contributed by atoms with van der Waals surface area (Å²) in [6, 6.07) is 15.6. The number of anilines is 1. The second-order valence-corrected chi connectivity index (χ2v) is 7.77. The Morgan fingerprint density at radius 3 is 2.39 bits per heavy atom. The summed E-state index contributed by atoms with van der Waals surface area (Å²) in [5.41, 5.74) is 3.35. The van der Waals surface area contributed by atoms with Crippen LogP contribution in [0.25, 0.3) is 22.2 Å². The number of hydrogen-bond donors (Lipinski definition) is 1. The van der Waals surface area contributed by atoms with Crippen molar-refractivity contribution in [2.45, 2.75) is 19.9 Å². The van der Waals surface area contributed by atoms with Crippen LogP contribution in [0.2, 0.25) is 0 Å². The number of aromatic nitrogens is 3. The Kier molecular flexibility index (Phi) is 5.91. The average Bonchev–Trinajstić information content (AvgIpc) is 3.12. The Morgan fingerprint density at radius 2 is 1.73 bits per heavy atom. The fourth-order valence-corrected chi connectivity index (χ4v) is 4.10. The van der Waals surface area contributed by atoms with Crippen molar-refractivity contribution in [1.82, 2.24) is 14.3 Å². The Labute approximate surface area is 191 Å². The third kappa shape index (κ3) is 3.95. The molecule has 170 valence electrons. The van der Waals surface area contributed by atoms with Gasteiger partial charge in [-0.15, -0.1) is 0 Å². The largest absolute Gasteiger partial charge is 0.493 e. The lowest BCUT2D eigenvalue weighted by atomic mass is 10.0. The van der Waals surface area contributed by atoms with Crippen LogP contribution in [-0.2, 0) is 11.8 Å². The molecule has 2 heterocycles. The minimum absolute atomic E-state index is 0.278. The van der Waals surface area contributed by atoms with Gasteiger partial charge in [0.1, 0.15) is 11.7 Å². The molecule has 0 aliphatic heterocycles. The van der Waals surface area contributed by atoms with Crippen molar-refractivity contribution < 1.29 is 14.3 Å². The number of carbonyl (C=O) groups excluding carboxylic acids is 1. The van der Waals surface area contributed by atoms with Crippen molar-refractivity contribution in [3.8, 4) is 22.6 Å². The molecule has 0 aliphatic rings. The Hall–Kier alpha value is -4.07. The molecule has 0 saturated carbocycles. The van der Waals surface area contributed by atoms with Gasteiger partial charge in [0.2, 0.25) is 5.91 Å². The first-order valence-corrected chi connectivity index (χ1v) is 10.5. The van der Waals surface area contributed by atoms with Crippen molar-refractivity contribution in [3.05, 3.63) is 70.6 Å². The molecule has 8 heteroatoms. The Balaban J connectivity index is 1.78. The molecule has 2 aromatic carbocycles.